The molecule has 0 aromatic heterocycles. The van der Waals surface area contributed by atoms with Crippen molar-refractivity contribution in [3.63, 3.8) is 0 Å². The standard InChI is InChI=1S/C13H13O4P/c1-10-6-5-9-12(17-18(14,15)16)13(10)11-7-3-2-4-8-11/h2-9H,1H3,(H2,14,15,16). The van der Waals surface area contributed by atoms with E-state index in [0.717, 1.165) is 11.1 Å². The molecule has 0 saturated heterocycles. The number of rotatable bonds is 3. The number of hydrogen-bond donors (Lipinski definition) is 2. The summed E-state index contributed by atoms with van der Waals surface area (Å²) in [6.07, 6.45) is 0. The molecule has 94 valence electrons. The van der Waals surface area contributed by atoms with E-state index < -0.39 is 7.82 Å². The van der Waals surface area contributed by atoms with Crippen molar-refractivity contribution in [1.82, 2.24) is 0 Å². The predicted molar refractivity (Wildman–Crippen MR) is 69.3 cm³/mol. The minimum absolute atomic E-state index is 0.189. The van der Waals surface area contributed by atoms with Crippen LogP contribution < -0.4 is 4.52 Å². The summed E-state index contributed by atoms with van der Waals surface area (Å²) >= 11 is 0. The number of hydrogen-bond acceptors (Lipinski definition) is 2. The first kappa shape index (κ1) is 12.8. The van der Waals surface area contributed by atoms with Gasteiger partial charge in [0, 0.05) is 5.56 Å². The zero-order chi connectivity index (χ0) is 13.2. The summed E-state index contributed by atoms with van der Waals surface area (Å²) in [7, 11) is -4.55. The van der Waals surface area contributed by atoms with Crippen molar-refractivity contribution in [3.05, 3.63) is 54.1 Å². The fourth-order valence-electron chi connectivity index (χ4n) is 1.82. The van der Waals surface area contributed by atoms with Gasteiger partial charge in [-0.1, -0.05) is 42.5 Å². The molecule has 18 heavy (non-hydrogen) atoms. The van der Waals surface area contributed by atoms with Crippen LogP contribution in [0.5, 0.6) is 5.75 Å². The third-order valence-electron chi connectivity index (χ3n) is 2.51. The zero-order valence-electron chi connectivity index (χ0n) is 9.78. The lowest BCUT2D eigenvalue weighted by Crippen LogP contribution is -1.94. The molecule has 0 radical (unpaired) electrons. The average molecular weight is 264 g/mol. The molecule has 0 aliphatic carbocycles. The van der Waals surface area contributed by atoms with Crippen LogP contribution in [0.25, 0.3) is 11.1 Å². The Bertz CT molecular complexity index is 589. The average Bonchev–Trinajstić information content (AvgIpc) is 2.28. The van der Waals surface area contributed by atoms with Crippen LogP contribution >= 0.6 is 7.82 Å². The van der Waals surface area contributed by atoms with Crippen LogP contribution in [0, 0.1) is 6.92 Å². The van der Waals surface area contributed by atoms with Gasteiger partial charge in [-0.25, -0.2) is 4.57 Å². The molecule has 0 bridgehead atoms. The molecule has 0 aliphatic rings. The van der Waals surface area contributed by atoms with Gasteiger partial charge < -0.3 is 4.52 Å². The van der Waals surface area contributed by atoms with Crippen molar-refractivity contribution >= 4 is 7.82 Å². The van der Waals surface area contributed by atoms with Crippen LogP contribution in [0.2, 0.25) is 0 Å². The van der Waals surface area contributed by atoms with Crippen molar-refractivity contribution in [2.45, 2.75) is 6.92 Å². The van der Waals surface area contributed by atoms with E-state index in [-0.39, 0.29) is 5.75 Å². The van der Waals surface area contributed by atoms with Gasteiger partial charge in [0.2, 0.25) is 0 Å². The molecule has 0 spiro atoms. The molecular weight excluding hydrogens is 251 g/mol. The normalized spacial score (nSPS) is 11.3. The largest absolute Gasteiger partial charge is 0.524 e. The number of benzene rings is 2. The smallest absolute Gasteiger partial charge is 0.404 e. The molecule has 4 nitrogen and oxygen atoms in total. The molecule has 0 atom stereocenters. The molecule has 2 rings (SSSR count). The molecule has 0 saturated carbocycles. The summed E-state index contributed by atoms with van der Waals surface area (Å²) in [4.78, 5) is 17.8. The Balaban J connectivity index is 2.55. The van der Waals surface area contributed by atoms with Gasteiger partial charge in [-0.2, -0.15) is 0 Å². The Morgan fingerprint density at radius 3 is 2.28 bits per heavy atom. The summed E-state index contributed by atoms with van der Waals surface area (Å²) < 4.78 is 15.7. The number of phosphoric ester groups is 1. The zero-order valence-corrected chi connectivity index (χ0v) is 10.7. The molecule has 2 aromatic carbocycles. The van der Waals surface area contributed by atoms with Gasteiger partial charge >= 0.3 is 7.82 Å². The van der Waals surface area contributed by atoms with E-state index in [2.05, 4.69) is 0 Å². The van der Waals surface area contributed by atoms with Gasteiger partial charge in [0.1, 0.15) is 5.75 Å². The summed E-state index contributed by atoms with van der Waals surface area (Å²) in [5.41, 5.74) is 2.45. The van der Waals surface area contributed by atoms with Crippen LogP contribution in [-0.2, 0) is 4.57 Å². The van der Waals surface area contributed by atoms with Crippen molar-refractivity contribution in [3.8, 4) is 16.9 Å². The van der Waals surface area contributed by atoms with Crippen molar-refractivity contribution < 1.29 is 18.9 Å². The van der Waals surface area contributed by atoms with Crippen LogP contribution in [0.15, 0.2) is 48.5 Å². The molecule has 5 heteroatoms. The van der Waals surface area contributed by atoms with E-state index in [9.17, 15) is 4.57 Å². The minimum Gasteiger partial charge on any atom is -0.404 e. The van der Waals surface area contributed by atoms with E-state index in [0.29, 0.717) is 5.56 Å². The molecule has 2 N–H and O–H groups in total. The molecule has 0 amide bonds. The van der Waals surface area contributed by atoms with Gasteiger partial charge in [-0.15, -0.1) is 0 Å². The Morgan fingerprint density at radius 1 is 1.00 bits per heavy atom. The second-order valence-electron chi connectivity index (χ2n) is 3.90. The van der Waals surface area contributed by atoms with E-state index in [1.807, 2.05) is 43.3 Å². The first-order valence-corrected chi connectivity index (χ1v) is 6.90. The third kappa shape index (κ3) is 2.99. The molecule has 0 aliphatic heterocycles. The first-order valence-electron chi connectivity index (χ1n) is 5.37. The highest BCUT2D eigenvalue weighted by Crippen LogP contribution is 2.43. The maximum absolute atomic E-state index is 11.0. The topological polar surface area (TPSA) is 66.8 Å². The Hall–Kier alpha value is -1.61. The van der Waals surface area contributed by atoms with Crippen LogP contribution in [0.3, 0.4) is 0 Å². The van der Waals surface area contributed by atoms with Crippen molar-refractivity contribution in [1.29, 1.82) is 0 Å². The Morgan fingerprint density at radius 2 is 1.67 bits per heavy atom. The van der Waals surface area contributed by atoms with Gasteiger partial charge in [-0.05, 0) is 24.1 Å². The summed E-state index contributed by atoms with van der Waals surface area (Å²) in [5, 5.41) is 0. The van der Waals surface area contributed by atoms with Crippen LogP contribution in [0.4, 0.5) is 0 Å². The monoisotopic (exact) mass is 264 g/mol. The van der Waals surface area contributed by atoms with E-state index in [4.69, 9.17) is 14.3 Å². The van der Waals surface area contributed by atoms with Crippen molar-refractivity contribution in [2.75, 3.05) is 0 Å². The lowest BCUT2D eigenvalue weighted by molar-refractivity contribution is 0.283. The van der Waals surface area contributed by atoms with Gasteiger partial charge in [0.25, 0.3) is 0 Å². The lowest BCUT2D eigenvalue weighted by Gasteiger charge is -2.14. The molecule has 0 heterocycles. The highest BCUT2D eigenvalue weighted by Gasteiger charge is 2.19. The van der Waals surface area contributed by atoms with E-state index >= 15 is 0 Å². The van der Waals surface area contributed by atoms with Crippen LogP contribution in [-0.4, -0.2) is 9.79 Å². The SMILES string of the molecule is Cc1cccc(OP(=O)(O)O)c1-c1ccccc1. The maximum Gasteiger partial charge on any atom is 0.524 e. The molecule has 0 fully saturated rings. The van der Waals surface area contributed by atoms with E-state index in [1.54, 1.807) is 12.1 Å². The third-order valence-corrected chi connectivity index (χ3v) is 2.95. The molecule has 2 aromatic rings. The van der Waals surface area contributed by atoms with Gasteiger partial charge in [0.05, 0.1) is 0 Å². The second kappa shape index (κ2) is 4.94. The highest BCUT2D eigenvalue weighted by molar-refractivity contribution is 7.46. The summed E-state index contributed by atoms with van der Waals surface area (Å²) in [6.45, 7) is 1.87. The second-order valence-corrected chi connectivity index (χ2v) is 5.06. The Labute approximate surface area is 105 Å². The summed E-state index contributed by atoms with van der Waals surface area (Å²) in [6, 6.07) is 14.5. The van der Waals surface area contributed by atoms with Crippen molar-refractivity contribution in [2.24, 2.45) is 0 Å². The van der Waals surface area contributed by atoms with Gasteiger partial charge in [-0.3, -0.25) is 9.79 Å². The summed E-state index contributed by atoms with van der Waals surface area (Å²) in [5.74, 6) is 0.189. The van der Waals surface area contributed by atoms with Crippen LogP contribution in [0.1, 0.15) is 5.56 Å². The number of phosphoric acid groups is 1. The molecule has 0 unspecified atom stereocenters. The fourth-order valence-corrected chi connectivity index (χ4v) is 2.23. The quantitative estimate of drug-likeness (QED) is 0.836. The fraction of sp³-hybridized carbons (Fsp3) is 0.0769. The molecular formula is C13H13O4P. The highest BCUT2D eigenvalue weighted by atomic mass is 31.2. The Kier molecular flexibility index (Phi) is 3.53. The first-order chi connectivity index (χ1) is 8.47. The minimum atomic E-state index is -4.55. The lowest BCUT2D eigenvalue weighted by atomic mass is 10.00. The van der Waals surface area contributed by atoms with E-state index in [1.165, 1.54) is 0 Å². The van der Waals surface area contributed by atoms with Gasteiger partial charge in [0.15, 0.2) is 0 Å². The predicted octanol–water partition coefficient (Wildman–Crippen LogP) is 3.13. The maximum atomic E-state index is 11.0. The number of aryl methyl sites for hydroxylation is 1.